The first-order valence-corrected chi connectivity index (χ1v) is 19.5. The van der Waals surface area contributed by atoms with Gasteiger partial charge in [0.25, 0.3) is 0 Å². The highest BCUT2D eigenvalue weighted by molar-refractivity contribution is 6.00. The van der Waals surface area contributed by atoms with Crippen LogP contribution < -0.4 is 8.97 Å². The molecule has 0 bridgehead atoms. The molecule has 2 rings (SSSR count). The number of rotatable bonds is 28. The number of nitrogens with zero attached hydrogens (tertiary/aromatic N) is 2. The maximum atomic E-state index is 2.42. The lowest BCUT2D eigenvalue weighted by Gasteiger charge is -2.33. The minimum Gasteiger partial charge on any atom is -0.295 e. The topological polar surface area (TPSA) is 0 Å². The van der Waals surface area contributed by atoms with Crippen LogP contribution in [0.15, 0.2) is 36.4 Å². The molecule has 0 saturated carbocycles. The van der Waals surface area contributed by atoms with Gasteiger partial charge in [0, 0.05) is 10.8 Å². The van der Waals surface area contributed by atoms with Crippen LogP contribution in [0.3, 0.4) is 0 Å². The lowest BCUT2D eigenvalue weighted by molar-refractivity contribution is 0.381. The number of quaternary nitrogens is 2. The minimum absolute atomic E-state index is 0.977. The van der Waals surface area contributed by atoms with Gasteiger partial charge >= 0.3 is 0 Å². The van der Waals surface area contributed by atoms with Gasteiger partial charge in [-0.2, -0.15) is 0 Å². The highest BCUT2D eigenvalue weighted by Crippen LogP contribution is 2.37. The fourth-order valence-corrected chi connectivity index (χ4v) is 7.27. The lowest BCUT2D eigenvalue weighted by Crippen LogP contribution is -2.42. The molecule has 0 heterocycles. The zero-order chi connectivity index (χ0) is 31.9. The molecule has 0 amide bonds. The van der Waals surface area contributed by atoms with E-state index < -0.39 is 0 Å². The van der Waals surface area contributed by atoms with Crippen molar-refractivity contribution in [3.63, 3.8) is 0 Å². The van der Waals surface area contributed by atoms with Gasteiger partial charge in [-0.05, 0) is 49.9 Å². The summed E-state index contributed by atoms with van der Waals surface area (Å²) < 4.78 is 1.95. The Hall–Kier alpha value is -1.38. The largest absolute Gasteiger partial charge is 0.295 e. The maximum Gasteiger partial charge on any atom is 0.140 e. The molecule has 0 spiro atoms. The van der Waals surface area contributed by atoms with Gasteiger partial charge in [-0.3, -0.25) is 8.97 Å². The molecule has 2 nitrogen and oxygen atoms in total. The molecule has 0 radical (unpaired) electrons. The summed E-state index contributed by atoms with van der Waals surface area (Å²) in [5.41, 5.74) is 2.97. The lowest BCUT2D eigenvalue weighted by atomic mass is 10.0. The van der Waals surface area contributed by atoms with E-state index in [0.717, 1.165) is 8.97 Å². The first kappa shape index (κ1) is 38.8. The summed E-state index contributed by atoms with van der Waals surface area (Å²) in [5, 5.41) is 2.91. The van der Waals surface area contributed by atoms with E-state index in [1.165, 1.54) is 189 Å². The van der Waals surface area contributed by atoms with E-state index in [0.29, 0.717) is 0 Å². The molecule has 252 valence electrons. The van der Waals surface area contributed by atoms with Gasteiger partial charge in [-0.25, -0.2) is 0 Å². The second kappa shape index (κ2) is 23.0. The van der Waals surface area contributed by atoms with Crippen LogP contribution in [0.5, 0.6) is 0 Å². The second-order valence-corrected chi connectivity index (χ2v) is 15.2. The molecule has 2 aromatic carbocycles. The fraction of sp³-hybridized carbons (Fsp3) is 0.762. The van der Waals surface area contributed by atoms with E-state index in [9.17, 15) is 0 Å². The summed E-state index contributed by atoms with van der Waals surface area (Å²) >= 11 is 0. The molecule has 2 heteroatoms. The first-order valence-electron chi connectivity index (χ1n) is 19.5. The van der Waals surface area contributed by atoms with Crippen LogP contribution in [-0.4, -0.2) is 41.3 Å². The van der Waals surface area contributed by atoms with E-state index >= 15 is 0 Å². The minimum atomic E-state index is 0.977. The maximum absolute atomic E-state index is 2.42. The Morgan fingerprint density at radius 3 is 0.864 bits per heavy atom. The monoisotopic (exact) mass is 609 g/mol. The van der Waals surface area contributed by atoms with Gasteiger partial charge < -0.3 is 0 Å². The van der Waals surface area contributed by atoms with Crippen molar-refractivity contribution in [1.82, 2.24) is 8.97 Å². The Balaban J connectivity index is 1.76. The molecule has 2 aromatic rings. The average Bonchev–Trinajstić information content (AvgIpc) is 3.01. The van der Waals surface area contributed by atoms with Crippen molar-refractivity contribution in [2.45, 2.75) is 168 Å². The number of unbranched alkanes of at least 4 members (excludes halogenated alkanes) is 22. The third-order valence-electron chi connectivity index (χ3n) is 10.3. The van der Waals surface area contributed by atoms with Crippen LogP contribution in [0.2, 0.25) is 0 Å². The third-order valence-corrected chi connectivity index (χ3v) is 10.3. The molecular weight excluding hydrogens is 532 g/mol. The highest BCUT2D eigenvalue weighted by Gasteiger charge is 2.26. The number of fused-ring (bicyclic) bond motifs is 1. The molecule has 44 heavy (non-hydrogen) atoms. The molecule has 0 aromatic heterocycles. The van der Waals surface area contributed by atoms with E-state index in [-0.39, 0.29) is 0 Å². The van der Waals surface area contributed by atoms with Crippen molar-refractivity contribution in [2.75, 3.05) is 41.3 Å². The van der Waals surface area contributed by atoms with Gasteiger partial charge in [0.15, 0.2) is 0 Å². The highest BCUT2D eigenvalue weighted by atomic mass is 15.3. The van der Waals surface area contributed by atoms with E-state index in [1.54, 1.807) is 0 Å². The van der Waals surface area contributed by atoms with Crippen LogP contribution >= 0.6 is 0 Å². The molecule has 0 aliphatic rings. The summed E-state index contributed by atoms with van der Waals surface area (Å²) in [7, 11) is 9.69. The van der Waals surface area contributed by atoms with Crippen molar-refractivity contribution < 1.29 is 0 Å². The Morgan fingerprint density at radius 1 is 0.341 bits per heavy atom. The van der Waals surface area contributed by atoms with Crippen LogP contribution in [0.25, 0.3) is 10.8 Å². The van der Waals surface area contributed by atoms with Crippen LogP contribution in [0, 0.1) is 0 Å². The SMILES string of the molecule is CCCCCCCCCCCCCC[N+](C)(C)c1cccc2c([N+](C)(C)CCCCCCCCCCCCCC)cccc12. The zero-order valence-electron chi connectivity index (χ0n) is 30.7. The van der Waals surface area contributed by atoms with Gasteiger partial charge in [-0.15, -0.1) is 0 Å². The Bertz CT molecular complexity index is 896. The Kier molecular flexibility index (Phi) is 20.3. The van der Waals surface area contributed by atoms with Crippen molar-refractivity contribution in [3.8, 4) is 0 Å². The standard InChI is InChI=1S/C42H76N2/c1-7-9-11-13-15-17-19-21-23-25-27-29-37-43(3,4)41-35-31-34-40-39(41)33-32-36-42(40)44(5,6)38-30-28-26-24-22-20-18-16-14-12-10-8-2/h31-36H,7-30,37-38H2,1-6H3/q+2. The predicted octanol–water partition coefficient (Wildman–Crippen LogP) is 13.4. The van der Waals surface area contributed by atoms with Crippen molar-refractivity contribution in [1.29, 1.82) is 0 Å². The molecule has 0 N–H and O–H groups in total. The quantitative estimate of drug-likeness (QED) is 0.0666. The molecule has 0 unspecified atom stereocenters. The molecule has 0 atom stereocenters. The van der Waals surface area contributed by atoms with Gasteiger partial charge in [0.2, 0.25) is 0 Å². The van der Waals surface area contributed by atoms with Crippen LogP contribution in [-0.2, 0) is 0 Å². The van der Waals surface area contributed by atoms with Crippen molar-refractivity contribution in [2.24, 2.45) is 0 Å². The molecular formula is C42H76N2+2. The van der Waals surface area contributed by atoms with E-state index in [2.05, 4.69) is 78.4 Å². The predicted molar refractivity (Wildman–Crippen MR) is 203 cm³/mol. The van der Waals surface area contributed by atoms with Crippen molar-refractivity contribution in [3.05, 3.63) is 36.4 Å². The van der Waals surface area contributed by atoms with Crippen LogP contribution in [0.4, 0.5) is 11.4 Å². The second-order valence-electron chi connectivity index (χ2n) is 15.2. The van der Waals surface area contributed by atoms with Gasteiger partial charge in [0.05, 0.1) is 41.3 Å². The normalized spacial score (nSPS) is 12.4. The van der Waals surface area contributed by atoms with E-state index in [1.807, 2.05) is 0 Å². The summed E-state index contributed by atoms with van der Waals surface area (Å²) in [5.74, 6) is 0. The van der Waals surface area contributed by atoms with Crippen LogP contribution in [0.1, 0.15) is 168 Å². The summed E-state index contributed by atoms with van der Waals surface area (Å²) in [4.78, 5) is 0. The van der Waals surface area contributed by atoms with Gasteiger partial charge in [-0.1, -0.05) is 154 Å². The molecule has 0 aliphatic carbocycles. The number of benzene rings is 2. The smallest absolute Gasteiger partial charge is 0.140 e. The number of hydrogen-bond donors (Lipinski definition) is 0. The zero-order valence-corrected chi connectivity index (χ0v) is 30.7. The third kappa shape index (κ3) is 15.3. The van der Waals surface area contributed by atoms with E-state index in [4.69, 9.17) is 0 Å². The summed E-state index contributed by atoms with van der Waals surface area (Å²) in [6, 6.07) is 14.1. The number of hydrogen-bond acceptors (Lipinski definition) is 0. The molecule has 0 aliphatic heterocycles. The average molecular weight is 609 g/mol. The molecule has 0 fully saturated rings. The Labute approximate surface area is 276 Å². The summed E-state index contributed by atoms with van der Waals surface area (Å²) in [6.07, 6.45) is 33.9. The first-order chi connectivity index (χ1) is 21.3. The Morgan fingerprint density at radius 2 is 0.591 bits per heavy atom. The molecule has 0 saturated heterocycles. The summed E-state index contributed by atoms with van der Waals surface area (Å²) in [6.45, 7) is 7.05. The fourth-order valence-electron chi connectivity index (χ4n) is 7.27. The van der Waals surface area contributed by atoms with Gasteiger partial charge in [0.1, 0.15) is 11.4 Å². The van der Waals surface area contributed by atoms with Crippen molar-refractivity contribution >= 4 is 22.1 Å².